The van der Waals surface area contributed by atoms with Gasteiger partial charge < -0.3 is 10.4 Å². The summed E-state index contributed by atoms with van der Waals surface area (Å²) >= 11 is 5.82. The third kappa shape index (κ3) is 4.13. The van der Waals surface area contributed by atoms with Gasteiger partial charge in [0.2, 0.25) is 0 Å². The van der Waals surface area contributed by atoms with Gasteiger partial charge in [0.05, 0.1) is 6.10 Å². The van der Waals surface area contributed by atoms with E-state index in [4.69, 9.17) is 11.6 Å². The van der Waals surface area contributed by atoms with Gasteiger partial charge in [-0.1, -0.05) is 35.9 Å². The number of benzene rings is 1. The molecule has 2 atom stereocenters. The Hall–Kier alpha value is -0.830. The van der Waals surface area contributed by atoms with Gasteiger partial charge in [-0.2, -0.15) is 0 Å². The molecule has 1 aliphatic carbocycles. The number of nitrogens with one attached hydrogen (secondary N) is 1. The lowest BCUT2D eigenvalue weighted by atomic mass is 9.94. The average Bonchev–Trinajstić information content (AvgIpc) is 2.40. The van der Waals surface area contributed by atoms with Crippen molar-refractivity contribution in [3.8, 4) is 0 Å². The second-order valence-electron chi connectivity index (χ2n) is 4.88. The summed E-state index contributed by atoms with van der Waals surface area (Å²) in [6, 6.07) is 7.37. The van der Waals surface area contributed by atoms with Crippen molar-refractivity contribution in [2.75, 3.05) is 13.1 Å². The molecule has 98 valence electrons. The van der Waals surface area contributed by atoms with Crippen LogP contribution in [-0.4, -0.2) is 18.2 Å². The summed E-state index contributed by atoms with van der Waals surface area (Å²) in [5, 5.41) is 14.1. The molecule has 2 N–H and O–H groups in total. The van der Waals surface area contributed by atoms with Gasteiger partial charge in [0.15, 0.2) is 0 Å². The highest BCUT2D eigenvalue weighted by molar-refractivity contribution is 6.30. The van der Waals surface area contributed by atoms with Gasteiger partial charge in [0, 0.05) is 11.6 Å². The van der Waals surface area contributed by atoms with Crippen molar-refractivity contribution in [1.82, 2.24) is 5.32 Å². The molecule has 1 aliphatic rings. The molecule has 0 amide bonds. The van der Waals surface area contributed by atoms with Crippen LogP contribution in [0.25, 0.3) is 0 Å². The van der Waals surface area contributed by atoms with E-state index in [0.29, 0.717) is 17.5 Å². The molecule has 18 heavy (non-hydrogen) atoms. The van der Waals surface area contributed by atoms with Crippen LogP contribution in [0, 0.1) is 5.92 Å². The Kier molecular flexibility index (Phi) is 5.24. The second-order valence-corrected chi connectivity index (χ2v) is 5.31. The molecule has 0 radical (unpaired) electrons. The van der Waals surface area contributed by atoms with Gasteiger partial charge in [-0.15, -0.1) is 0 Å². The molecule has 0 spiro atoms. The largest absolute Gasteiger partial charge is 0.387 e. The van der Waals surface area contributed by atoms with Crippen molar-refractivity contribution in [3.63, 3.8) is 0 Å². The molecule has 0 aromatic heterocycles. The van der Waals surface area contributed by atoms with Crippen LogP contribution in [0.1, 0.15) is 30.9 Å². The summed E-state index contributed by atoms with van der Waals surface area (Å²) in [6.45, 7) is 1.58. The lowest BCUT2D eigenvalue weighted by Crippen LogP contribution is -2.27. The lowest BCUT2D eigenvalue weighted by Gasteiger charge is -2.19. The van der Waals surface area contributed by atoms with Crippen LogP contribution in [0.15, 0.2) is 36.4 Å². The summed E-state index contributed by atoms with van der Waals surface area (Å²) in [5.74, 6) is 0.715. The molecule has 2 nitrogen and oxygen atoms in total. The van der Waals surface area contributed by atoms with E-state index in [1.807, 2.05) is 24.3 Å². The molecule has 0 fully saturated rings. The van der Waals surface area contributed by atoms with Gasteiger partial charge in [-0.05, 0) is 49.4 Å². The highest BCUT2D eigenvalue weighted by Crippen LogP contribution is 2.18. The maximum absolute atomic E-state index is 10.0. The fourth-order valence-electron chi connectivity index (χ4n) is 2.27. The standard InChI is InChI=1S/C15H20ClNO/c16-14-8-6-13(7-9-14)15(18)11-17-10-12-4-2-1-3-5-12/h1-2,6-9,12,15,17-18H,3-5,10-11H2. The molecule has 1 aromatic carbocycles. The molecule has 0 saturated carbocycles. The number of hydrogen-bond acceptors (Lipinski definition) is 2. The first-order chi connectivity index (χ1) is 8.75. The van der Waals surface area contributed by atoms with Crippen molar-refractivity contribution in [2.45, 2.75) is 25.4 Å². The highest BCUT2D eigenvalue weighted by atomic mass is 35.5. The molecule has 2 unspecified atom stereocenters. The van der Waals surface area contributed by atoms with Gasteiger partial charge in [-0.3, -0.25) is 0 Å². The number of rotatable bonds is 5. The summed E-state index contributed by atoms with van der Waals surface area (Å²) in [4.78, 5) is 0. The Morgan fingerprint density at radius 3 is 2.72 bits per heavy atom. The summed E-state index contributed by atoms with van der Waals surface area (Å²) in [5.41, 5.74) is 0.912. The van der Waals surface area contributed by atoms with Crippen LogP contribution in [0.4, 0.5) is 0 Å². The van der Waals surface area contributed by atoms with Crippen molar-refractivity contribution in [1.29, 1.82) is 0 Å². The Morgan fingerprint density at radius 1 is 1.28 bits per heavy atom. The molecule has 0 heterocycles. The summed E-state index contributed by atoms with van der Waals surface area (Å²) in [6.07, 6.45) is 7.64. The number of aliphatic hydroxyl groups is 1. The molecule has 2 rings (SSSR count). The summed E-state index contributed by atoms with van der Waals surface area (Å²) < 4.78 is 0. The lowest BCUT2D eigenvalue weighted by molar-refractivity contribution is 0.172. The van der Waals surface area contributed by atoms with E-state index >= 15 is 0 Å². The minimum absolute atomic E-state index is 0.457. The van der Waals surface area contributed by atoms with Crippen LogP contribution in [-0.2, 0) is 0 Å². The van der Waals surface area contributed by atoms with Crippen LogP contribution in [0.5, 0.6) is 0 Å². The minimum Gasteiger partial charge on any atom is -0.387 e. The fourth-order valence-corrected chi connectivity index (χ4v) is 2.39. The minimum atomic E-state index is -0.457. The SMILES string of the molecule is OC(CNCC1CC=CCC1)c1ccc(Cl)cc1. The van der Waals surface area contributed by atoms with Crippen molar-refractivity contribution in [2.24, 2.45) is 5.92 Å². The van der Waals surface area contributed by atoms with Crippen LogP contribution in [0.2, 0.25) is 5.02 Å². The van der Waals surface area contributed by atoms with E-state index in [0.717, 1.165) is 18.5 Å². The van der Waals surface area contributed by atoms with Gasteiger partial charge in [-0.25, -0.2) is 0 Å². The zero-order valence-electron chi connectivity index (χ0n) is 10.5. The Labute approximate surface area is 114 Å². The van der Waals surface area contributed by atoms with E-state index in [2.05, 4.69) is 17.5 Å². The Morgan fingerprint density at radius 2 is 2.06 bits per heavy atom. The molecule has 1 aromatic rings. The number of halogens is 1. The number of allylic oxidation sites excluding steroid dienone is 2. The second kappa shape index (κ2) is 6.93. The number of aliphatic hydroxyl groups excluding tert-OH is 1. The topological polar surface area (TPSA) is 32.3 Å². The first-order valence-corrected chi connectivity index (χ1v) is 6.93. The monoisotopic (exact) mass is 265 g/mol. The predicted molar refractivity (Wildman–Crippen MR) is 75.8 cm³/mol. The van der Waals surface area contributed by atoms with Crippen molar-refractivity contribution < 1.29 is 5.11 Å². The van der Waals surface area contributed by atoms with Crippen LogP contribution >= 0.6 is 11.6 Å². The van der Waals surface area contributed by atoms with E-state index in [9.17, 15) is 5.11 Å². The summed E-state index contributed by atoms with van der Waals surface area (Å²) in [7, 11) is 0. The molecular weight excluding hydrogens is 246 g/mol. The normalized spacial score (nSPS) is 20.9. The smallest absolute Gasteiger partial charge is 0.0914 e. The first-order valence-electron chi connectivity index (χ1n) is 6.55. The first kappa shape index (κ1) is 13.6. The maximum Gasteiger partial charge on any atom is 0.0914 e. The fraction of sp³-hybridized carbons (Fsp3) is 0.467. The van der Waals surface area contributed by atoms with Crippen LogP contribution < -0.4 is 5.32 Å². The van der Waals surface area contributed by atoms with E-state index in [1.54, 1.807) is 0 Å². The van der Waals surface area contributed by atoms with E-state index in [1.165, 1.54) is 12.8 Å². The van der Waals surface area contributed by atoms with Gasteiger partial charge in [0.25, 0.3) is 0 Å². The third-order valence-electron chi connectivity index (χ3n) is 3.40. The zero-order chi connectivity index (χ0) is 12.8. The van der Waals surface area contributed by atoms with Crippen LogP contribution in [0.3, 0.4) is 0 Å². The molecule has 0 bridgehead atoms. The van der Waals surface area contributed by atoms with E-state index in [-0.39, 0.29) is 0 Å². The Bertz CT molecular complexity index is 388. The van der Waals surface area contributed by atoms with Crippen molar-refractivity contribution in [3.05, 3.63) is 47.0 Å². The van der Waals surface area contributed by atoms with Crippen molar-refractivity contribution >= 4 is 11.6 Å². The number of hydrogen-bond donors (Lipinski definition) is 2. The molecule has 3 heteroatoms. The Balaban J connectivity index is 1.72. The average molecular weight is 266 g/mol. The van der Waals surface area contributed by atoms with Gasteiger partial charge >= 0.3 is 0 Å². The molecule has 0 aliphatic heterocycles. The molecular formula is C15H20ClNO. The third-order valence-corrected chi connectivity index (χ3v) is 3.66. The van der Waals surface area contributed by atoms with E-state index < -0.39 is 6.10 Å². The quantitative estimate of drug-likeness (QED) is 0.801. The van der Waals surface area contributed by atoms with Gasteiger partial charge in [0.1, 0.15) is 0 Å². The highest BCUT2D eigenvalue weighted by Gasteiger charge is 2.11. The maximum atomic E-state index is 10.0. The zero-order valence-corrected chi connectivity index (χ0v) is 11.2. The molecule has 0 saturated heterocycles. The predicted octanol–water partition coefficient (Wildman–Crippen LogP) is 3.32.